The maximum atomic E-state index is 14.4. The van der Waals surface area contributed by atoms with Gasteiger partial charge in [-0.25, -0.2) is 4.39 Å². The largest absolute Gasteiger partial charge is 0.469 e. The van der Waals surface area contributed by atoms with Crippen molar-refractivity contribution in [3.63, 3.8) is 0 Å². The Balaban J connectivity index is 1.53. The van der Waals surface area contributed by atoms with Crippen LogP contribution in [0.4, 0.5) is 10.1 Å². The van der Waals surface area contributed by atoms with E-state index in [4.69, 9.17) is 4.42 Å². The van der Waals surface area contributed by atoms with Gasteiger partial charge in [-0.05, 0) is 37.3 Å². The minimum absolute atomic E-state index is 0.240. The van der Waals surface area contributed by atoms with E-state index in [1.54, 1.807) is 66.7 Å². The van der Waals surface area contributed by atoms with Crippen molar-refractivity contribution in [2.45, 2.75) is 24.9 Å². The van der Waals surface area contributed by atoms with Crippen LogP contribution in [0.3, 0.4) is 0 Å². The van der Waals surface area contributed by atoms with Crippen molar-refractivity contribution in [1.29, 1.82) is 0 Å². The molecule has 1 fully saturated rings. The van der Waals surface area contributed by atoms with E-state index in [9.17, 15) is 18.8 Å². The fraction of sp³-hybridized carbons (Fsp3) is 0.156. The molecule has 5 nitrogen and oxygen atoms in total. The summed E-state index contributed by atoms with van der Waals surface area (Å²) in [7, 11) is 0. The molecule has 1 spiro atoms. The molecule has 1 aromatic heterocycles. The highest BCUT2D eigenvalue weighted by Gasteiger charge is 2.72. The van der Waals surface area contributed by atoms with Gasteiger partial charge in [-0.1, -0.05) is 66.2 Å². The lowest BCUT2D eigenvalue weighted by molar-refractivity contribution is 0.0652. The zero-order chi connectivity index (χ0) is 26.2. The molecule has 0 saturated carbocycles. The molecule has 38 heavy (non-hydrogen) atoms. The van der Waals surface area contributed by atoms with Crippen LogP contribution in [0.25, 0.3) is 6.08 Å². The number of ketones is 3. The zero-order valence-corrected chi connectivity index (χ0v) is 20.4. The molecule has 1 aliphatic carbocycles. The van der Waals surface area contributed by atoms with Crippen LogP contribution in [0, 0.1) is 18.2 Å². The number of fused-ring (bicyclic) bond motifs is 5. The van der Waals surface area contributed by atoms with E-state index in [-0.39, 0.29) is 17.3 Å². The van der Waals surface area contributed by atoms with Gasteiger partial charge in [0, 0.05) is 27.9 Å². The number of hydrogen-bond acceptors (Lipinski definition) is 5. The highest BCUT2D eigenvalue weighted by atomic mass is 19.1. The monoisotopic (exact) mass is 503 g/mol. The van der Waals surface area contributed by atoms with Gasteiger partial charge in [-0.3, -0.25) is 14.4 Å². The fourth-order valence-electron chi connectivity index (χ4n) is 6.61. The Bertz CT molecular complexity index is 1630. The summed E-state index contributed by atoms with van der Waals surface area (Å²) in [5.41, 5.74) is 1.69. The lowest BCUT2D eigenvalue weighted by Gasteiger charge is -2.37. The quantitative estimate of drug-likeness (QED) is 0.252. The first-order valence-electron chi connectivity index (χ1n) is 12.5. The smallest absolute Gasteiger partial charge is 0.186 e. The first kappa shape index (κ1) is 22.6. The Morgan fingerprint density at radius 2 is 1.63 bits per heavy atom. The second kappa shape index (κ2) is 7.96. The van der Waals surface area contributed by atoms with Crippen molar-refractivity contribution in [1.82, 2.24) is 0 Å². The average molecular weight is 504 g/mol. The SMILES string of the molecule is Cc1ccc(C(=O)C2C(c3ccco3)C3(C(=O)c4ccccc4C3=O)C3C=Cc4cc(F)ccc4N23)cc1. The highest BCUT2D eigenvalue weighted by molar-refractivity contribution is 6.32. The molecule has 4 aromatic rings. The average Bonchev–Trinajstić information content (AvgIpc) is 3.62. The van der Waals surface area contributed by atoms with E-state index in [0.717, 1.165) is 5.56 Å². The number of benzene rings is 3. The molecule has 3 atom stereocenters. The molecule has 7 rings (SSSR count). The second-order valence-electron chi connectivity index (χ2n) is 10.2. The van der Waals surface area contributed by atoms with E-state index >= 15 is 0 Å². The molecular formula is C32H22FNO4. The van der Waals surface area contributed by atoms with E-state index < -0.39 is 29.2 Å². The predicted molar refractivity (Wildman–Crippen MR) is 140 cm³/mol. The van der Waals surface area contributed by atoms with E-state index in [1.807, 2.05) is 24.0 Å². The number of furan rings is 1. The number of nitrogens with zero attached hydrogens (tertiary/aromatic N) is 1. The summed E-state index contributed by atoms with van der Waals surface area (Å²) in [4.78, 5) is 45.1. The molecule has 186 valence electrons. The van der Waals surface area contributed by atoms with Crippen LogP contribution in [-0.4, -0.2) is 29.4 Å². The molecule has 6 heteroatoms. The molecule has 0 N–H and O–H groups in total. The normalized spacial score (nSPS) is 22.5. The number of halogens is 1. The summed E-state index contributed by atoms with van der Waals surface area (Å²) in [5, 5.41) is 0. The van der Waals surface area contributed by atoms with Gasteiger partial charge in [0.15, 0.2) is 17.3 Å². The van der Waals surface area contributed by atoms with Crippen LogP contribution >= 0.6 is 0 Å². The van der Waals surface area contributed by atoms with Crippen molar-refractivity contribution < 1.29 is 23.2 Å². The number of carbonyl (C=O) groups is 3. The number of aryl methyl sites for hydroxylation is 1. The van der Waals surface area contributed by atoms with Gasteiger partial charge in [0.2, 0.25) is 0 Å². The van der Waals surface area contributed by atoms with Gasteiger partial charge in [-0.2, -0.15) is 0 Å². The number of hydrogen-bond donors (Lipinski definition) is 0. The Kier molecular flexibility index (Phi) is 4.73. The van der Waals surface area contributed by atoms with Gasteiger partial charge in [-0.15, -0.1) is 0 Å². The summed E-state index contributed by atoms with van der Waals surface area (Å²) in [6, 6.07) is 20.1. The van der Waals surface area contributed by atoms with Crippen LogP contribution in [0.15, 0.2) is 95.6 Å². The Labute approximate surface area is 218 Å². The topological polar surface area (TPSA) is 67.6 Å². The second-order valence-corrected chi connectivity index (χ2v) is 10.2. The number of Topliss-reactive ketones (excluding diaryl/α,β-unsaturated/α-hetero) is 3. The minimum atomic E-state index is -1.63. The van der Waals surface area contributed by atoms with Crippen molar-refractivity contribution in [2.24, 2.45) is 5.41 Å². The molecule has 0 bridgehead atoms. The summed E-state index contributed by atoms with van der Waals surface area (Å²) < 4.78 is 20.1. The van der Waals surface area contributed by atoms with Gasteiger partial charge in [0.25, 0.3) is 0 Å². The Morgan fingerprint density at radius 3 is 2.29 bits per heavy atom. The van der Waals surface area contributed by atoms with Crippen molar-refractivity contribution in [3.8, 4) is 0 Å². The van der Waals surface area contributed by atoms with Gasteiger partial charge in [0.1, 0.15) is 23.0 Å². The maximum absolute atomic E-state index is 14.4. The zero-order valence-electron chi connectivity index (χ0n) is 20.4. The molecule has 3 unspecified atom stereocenters. The lowest BCUT2D eigenvalue weighted by atomic mass is 9.65. The van der Waals surface area contributed by atoms with Gasteiger partial charge >= 0.3 is 0 Å². The number of rotatable bonds is 3. The van der Waals surface area contributed by atoms with Crippen LogP contribution in [-0.2, 0) is 0 Å². The molecule has 0 radical (unpaired) electrons. The minimum Gasteiger partial charge on any atom is -0.469 e. The molecule has 1 saturated heterocycles. The Morgan fingerprint density at radius 1 is 0.921 bits per heavy atom. The van der Waals surface area contributed by atoms with E-state index in [2.05, 4.69) is 0 Å². The summed E-state index contributed by atoms with van der Waals surface area (Å²) >= 11 is 0. The van der Waals surface area contributed by atoms with Crippen LogP contribution < -0.4 is 4.90 Å². The van der Waals surface area contributed by atoms with Crippen LogP contribution in [0.1, 0.15) is 53.9 Å². The van der Waals surface area contributed by atoms with E-state index in [0.29, 0.717) is 33.7 Å². The summed E-state index contributed by atoms with van der Waals surface area (Å²) in [6.07, 6.45) is 4.99. The van der Waals surface area contributed by atoms with Gasteiger partial charge in [0.05, 0.1) is 18.2 Å². The lowest BCUT2D eigenvalue weighted by Crippen LogP contribution is -2.48. The standard InChI is InChI=1S/C32H22FNO4/c1-18-8-10-19(11-9-18)29(35)28-27(25-7-4-16-38-25)32(30(36)22-5-2-3-6-23(22)31(32)37)26-15-12-20-17-21(33)13-14-24(20)34(26)28/h2-17,26-28H,1H3. The molecular weight excluding hydrogens is 481 g/mol. The Hall–Kier alpha value is -4.58. The molecule has 2 aliphatic heterocycles. The molecule has 0 amide bonds. The van der Waals surface area contributed by atoms with Gasteiger partial charge < -0.3 is 9.32 Å². The maximum Gasteiger partial charge on any atom is 0.186 e. The third kappa shape index (κ3) is 2.83. The molecule has 3 heterocycles. The summed E-state index contributed by atoms with van der Waals surface area (Å²) in [6.45, 7) is 1.94. The number of carbonyl (C=O) groups excluding carboxylic acids is 3. The fourth-order valence-corrected chi connectivity index (χ4v) is 6.61. The first-order valence-corrected chi connectivity index (χ1v) is 12.5. The van der Waals surface area contributed by atoms with Crippen molar-refractivity contribution in [2.75, 3.05) is 4.90 Å². The van der Waals surface area contributed by atoms with E-state index in [1.165, 1.54) is 18.4 Å². The first-order chi connectivity index (χ1) is 18.4. The predicted octanol–water partition coefficient (Wildman–Crippen LogP) is 6.04. The third-order valence-electron chi connectivity index (χ3n) is 8.22. The van der Waals surface area contributed by atoms with Crippen molar-refractivity contribution in [3.05, 3.63) is 131 Å². The number of anilines is 1. The molecule has 3 aliphatic rings. The summed E-state index contributed by atoms with van der Waals surface area (Å²) in [5.74, 6) is -1.84. The third-order valence-corrected chi connectivity index (χ3v) is 8.22. The highest BCUT2D eigenvalue weighted by Crippen LogP contribution is 2.61. The van der Waals surface area contributed by atoms with Crippen molar-refractivity contribution >= 4 is 29.1 Å². The van der Waals surface area contributed by atoms with Crippen LogP contribution in [0.2, 0.25) is 0 Å². The van der Waals surface area contributed by atoms with Crippen LogP contribution in [0.5, 0.6) is 0 Å². The molecule has 3 aromatic carbocycles.